The molecular formula is C26H24Cl2N4O7S3. The summed E-state index contributed by atoms with van der Waals surface area (Å²) in [7, 11) is 0. The van der Waals surface area contributed by atoms with Gasteiger partial charge in [-0.05, 0) is 23.8 Å². The van der Waals surface area contributed by atoms with E-state index in [4.69, 9.17) is 23.2 Å². The second-order valence-corrected chi connectivity index (χ2v) is 13.1. The van der Waals surface area contributed by atoms with Gasteiger partial charge in [0.25, 0.3) is 11.8 Å². The van der Waals surface area contributed by atoms with Gasteiger partial charge in [-0.1, -0.05) is 23.2 Å². The first-order valence-electron chi connectivity index (χ1n) is 12.3. The molecule has 0 aliphatic carbocycles. The van der Waals surface area contributed by atoms with Crippen LogP contribution in [0.15, 0.2) is 63.8 Å². The van der Waals surface area contributed by atoms with Gasteiger partial charge in [-0.3, -0.25) is 19.3 Å². The molecule has 1 aromatic carbocycles. The van der Waals surface area contributed by atoms with Gasteiger partial charge in [0.15, 0.2) is 12.4 Å². The van der Waals surface area contributed by atoms with Crippen LogP contribution in [0.5, 0.6) is 0 Å². The number of halogens is 2. The fourth-order valence-corrected chi connectivity index (χ4v) is 7.81. The van der Waals surface area contributed by atoms with Gasteiger partial charge < -0.3 is 25.6 Å². The largest absolute Gasteiger partial charge is 0.548 e. The summed E-state index contributed by atoms with van der Waals surface area (Å²) in [4.78, 5) is 63.0. The normalized spacial score (nSPS) is 18.5. The molecule has 16 heteroatoms. The Kier molecular flexibility index (Phi) is 10.7. The molecule has 42 heavy (non-hydrogen) atoms. The summed E-state index contributed by atoms with van der Waals surface area (Å²) < 4.78 is 1.60. The Hall–Kier alpha value is -2.91. The Bertz CT molecular complexity index is 1460. The average molecular weight is 672 g/mol. The number of carboxylic acid groups (broad SMARTS) is 2. The number of benzene rings is 1. The number of carbonyl (C=O) groups is 5. The highest BCUT2D eigenvalue weighted by molar-refractivity contribution is 8.01. The number of fused-ring (bicyclic) bond motifs is 1. The maximum absolute atomic E-state index is 13.0. The number of β-lactam (4-membered cyclic amide) rings is 1. The minimum atomic E-state index is -1.38. The molecular weight excluding hydrogens is 647 g/mol. The number of aliphatic carboxylic acids is 2. The third-order valence-electron chi connectivity index (χ3n) is 6.29. The standard InChI is InChI=1S/C26H24Cl2N4O7S3/c1-13(23(36)29-9-20(34)35)31-6-4-16(5-7-31)40-10-14-11-42-25-21(24(37)32(25)22(14)26(38)39)30-19(33)12-41-18-8-15(27)2-3-17(18)28/h2-8,13,21,25H,9-12H2,1H3,(H3-,29,30,33,34,35,36,38,39)/t13?,21-,25-/m1/s1. The number of aromatic nitrogens is 1. The minimum Gasteiger partial charge on any atom is -0.548 e. The van der Waals surface area contributed by atoms with Crippen molar-refractivity contribution in [1.29, 1.82) is 0 Å². The molecule has 0 radical (unpaired) electrons. The van der Waals surface area contributed by atoms with E-state index in [1.54, 1.807) is 54.2 Å². The molecule has 1 fully saturated rings. The zero-order valence-electron chi connectivity index (χ0n) is 21.9. The number of amides is 3. The number of hydrogen-bond acceptors (Lipinski definition) is 9. The molecule has 1 saturated heterocycles. The summed E-state index contributed by atoms with van der Waals surface area (Å²) >= 11 is 16.1. The van der Waals surface area contributed by atoms with E-state index in [9.17, 15) is 34.2 Å². The van der Waals surface area contributed by atoms with Crippen molar-refractivity contribution in [2.45, 2.75) is 34.2 Å². The van der Waals surface area contributed by atoms with E-state index >= 15 is 0 Å². The van der Waals surface area contributed by atoms with Crippen LogP contribution in [-0.2, 0) is 24.0 Å². The summed E-state index contributed by atoms with van der Waals surface area (Å²) in [6.45, 7) is 1.03. The van der Waals surface area contributed by atoms with Crippen LogP contribution < -0.4 is 20.3 Å². The molecule has 2 aromatic rings. The summed E-state index contributed by atoms with van der Waals surface area (Å²) in [5.41, 5.74) is 0.496. The Morgan fingerprint density at radius 1 is 1.19 bits per heavy atom. The van der Waals surface area contributed by atoms with E-state index in [0.717, 1.165) is 4.90 Å². The van der Waals surface area contributed by atoms with Crippen molar-refractivity contribution in [3.8, 4) is 0 Å². The quantitative estimate of drug-likeness (QED) is 0.171. The Morgan fingerprint density at radius 3 is 2.57 bits per heavy atom. The molecule has 222 valence electrons. The molecule has 3 amide bonds. The topological polar surface area (TPSA) is 160 Å². The number of rotatable bonds is 12. The van der Waals surface area contributed by atoms with Crippen molar-refractivity contribution in [3.63, 3.8) is 0 Å². The smallest absolute Gasteiger partial charge is 0.352 e. The van der Waals surface area contributed by atoms with Gasteiger partial charge in [0.05, 0.1) is 23.3 Å². The van der Waals surface area contributed by atoms with Gasteiger partial charge in [-0.2, -0.15) is 4.57 Å². The second-order valence-electron chi connectivity index (χ2n) is 9.11. The van der Waals surface area contributed by atoms with E-state index in [-0.39, 0.29) is 17.4 Å². The highest BCUT2D eigenvalue weighted by Gasteiger charge is 2.54. The average Bonchev–Trinajstić information content (AvgIpc) is 2.97. The monoisotopic (exact) mass is 670 g/mol. The van der Waals surface area contributed by atoms with Crippen LogP contribution in [-0.4, -0.2) is 74.9 Å². The molecule has 2 aliphatic rings. The minimum absolute atomic E-state index is 0.00505. The van der Waals surface area contributed by atoms with Gasteiger partial charge in [0, 0.05) is 45.4 Å². The van der Waals surface area contributed by atoms with Crippen molar-refractivity contribution >= 4 is 88.1 Å². The van der Waals surface area contributed by atoms with E-state index in [1.165, 1.54) is 40.2 Å². The first-order chi connectivity index (χ1) is 20.0. The maximum Gasteiger partial charge on any atom is 0.352 e. The fraction of sp³-hybridized carbons (Fsp3) is 0.308. The zero-order valence-corrected chi connectivity index (χ0v) is 25.8. The predicted octanol–water partition coefficient (Wildman–Crippen LogP) is 1.33. The van der Waals surface area contributed by atoms with Crippen LogP contribution in [0.4, 0.5) is 0 Å². The summed E-state index contributed by atoms with van der Waals surface area (Å²) in [5, 5.41) is 25.9. The van der Waals surface area contributed by atoms with Crippen LogP contribution in [0.2, 0.25) is 10.0 Å². The molecule has 2 aliphatic heterocycles. The van der Waals surface area contributed by atoms with Crippen molar-refractivity contribution in [2.24, 2.45) is 0 Å². The Balaban J connectivity index is 1.34. The molecule has 1 unspecified atom stereocenters. The van der Waals surface area contributed by atoms with Gasteiger partial charge in [-0.15, -0.1) is 35.3 Å². The molecule has 0 saturated carbocycles. The van der Waals surface area contributed by atoms with Crippen LogP contribution in [0, 0.1) is 0 Å². The zero-order chi connectivity index (χ0) is 30.6. The van der Waals surface area contributed by atoms with Gasteiger partial charge in [-0.25, -0.2) is 4.79 Å². The molecule has 0 bridgehead atoms. The summed E-state index contributed by atoms with van der Waals surface area (Å²) in [6.07, 6.45) is 3.32. The Labute approximate surface area is 263 Å². The fourth-order valence-electron chi connectivity index (χ4n) is 4.13. The number of pyridine rings is 1. The molecule has 3 heterocycles. The summed E-state index contributed by atoms with van der Waals surface area (Å²) in [6, 6.07) is 6.93. The van der Waals surface area contributed by atoms with Crippen LogP contribution in [0.25, 0.3) is 0 Å². The van der Waals surface area contributed by atoms with Crippen LogP contribution in [0.3, 0.4) is 0 Å². The van der Waals surface area contributed by atoms with Crippen molar-refractivity contribution in [2.75, 3.05) is 23.8 Å². The molecule has 3 atom stereocenters. The lowest BCUT2D eigenvalue weighted by molar-refractivity contribution is -0.706. The first kappa shape index (κ1) is 32.0. The molecule has 0 spiro atoms. The predicted molar refractivity (Wildman–Crippen MR) is 157 cm³/mol. The van der Waals surface area contributed by atoms with E-state index < -0.39 is 47.8 Å². The molecule has 3 N–H and O–H groups in total. The molecule has 11 nitrogen and oxygen atoms in total. The van der Waals surface area contributed by atoms with Crippen molar-refractivity contribution < 1.29 is 38.8 Å². The van der Waals surface area contributed by atoms with Crippen LogP contribution >= 0.6 is 58.5 Å². The van der Waals surface area contributed by atoms with E-state index in [0.29, 0.717) is 32.0 Å². The van der Waals surface area contributed by atoms with E-state index in [1.807, 2.05) is 0 Å². The third kappa shape index (κ3) is 7.53. The van der Waals surface area contributed by atoms with Gasteiger partial charge in [0.1, 0.15) is 17.1 Å². The lowest BCUT2D eigenvalue weighted by atomic mass is 10.0. The van der Waals surface area contributed by atoms with Crippen molar-refractivity contribution in [3.05, 3.63) is 64.0 Å². The lowest BCUT2D eigenvalue weighted by Crippen LogP contribution is -2.70. The number of nitrogens with zero attached hydrogens (tertiary/aromatic N) is 2. The summed E-state index contributed by atoms with van der Waals surface area (Å²) in [5.74, 6) is -3.28. The number of hydrogen-bond donors (Lipinski definition) is 3. The lowest BCUT2D eigenvalue weighted by Gasteiger charge is -2.49. The van der Waals surface area contributed by atoms with Crippen LogP contribution in [0.1, 0.15) is 13.0 Å². The Morgan fingerprint density at radius 2 is 1.90 bits per heavy atom. The first-order valence-corrected chi connectivity index (χ1v) is 16.1. The van der Waals surface area contributed by atoms with Crippen molar-refractivity contribution in [1.82, 2.24) is 15.5 Å². The number of thioether (sulfide) groups is 3. The van der Waals surface area contributed by atoms with Gasteiger partial charge >= 0.3 is 5.97 Å². The molecule has 1 aromatic heterocycles. The van der Waals surface area contributed by atoms with E-state index in [2.05, 4.69) is 10.6 Å². The third-order valence-corrected chi connectivity index (χ3v) is 10.5. The highest BCUT2D eigenvalue weighted by atomic mass is 35.5. The maximum atomic E-state index is 13.0. The number of nitrogens with one attached hydrogen (secondary N) is 2. The highest BCUT2D eigenvalue weighted by Crippen LogP contribution is 2.41. The number of carboxylic acids is 2. The van der Waals surface area contributed by atoms with Gasteiger partial charge in [0.2, 0.25) is 11.9 Å². The molecule has 4 rings (SSSR count). The SMILES string of the molecule is CC(C(=O)NCC(=O)[O-])[n+]1ccc(SCC2=C(C(=O)O)N3C(=O)[C@@H](NC(=O)CSc4cc(Cl)ccc4Cl)[C@H]3SC2)cc1. The second kappa shape index (κ2) is 14.0. The number of carbonyl (C=O) groups excluding carboxylic acids is 4.